The van der Waals surface area contributed by atoms with Crippen LogP contribution in [-0.4, -0.2) is 54.8 Å². The van der Waals surface area contributed by atoms with E-state index in [9.17, 15) is 13.2 Å². The van der Waals surface area contributed by atoms with Crippen LogP contribution in [0.3, 0.4) is 0 Å². The Morgan fingerprint density at radius 1 is 1.08 bits per heavy atom. The van der Waals surface area contributed by atoms with Gasteiger partial charge in [0.2, 0.25) is 10.0 Å². The lowest BCUT2D eigenvalue weighted by Gasteiger charge is -2.34. The Hall–Kier alpha value is -2.45. The first-order chi connectivity index (χ1) is 12.4. The van der Waals surface area contributed by atoms with Crippen molar-refractivity contribution in [3.05, 3.63) is 53.9 Å². The molecule has 0 radical (unpaired) electrons. The normalized spacial score (nSPS) is 15.7. The van der Waals surface area contributed by atoms with E-state index in [1.165, 1.54) is 4.31 Å². The fraction of sp³-hybridized carbons (Fsp3) is 0.333. The highest BCUT2D eigenvalue weighted by atomic mass is 32.2. The summed E-state index contributed by atoms with van der Waals surface area (Å²) in [6, 6.07) is 8.40. The number of hydrogen-bond donors (Lipinski definition) is 1. The van der Waals surface area contributed by atoms with Gasteiger partial charge in [-0.05, 0) is 49.2 Å². The molecule has 1 saturated heterocycles. The van der Waals surface area contributed by atoms with Crippen LogP contribution in [0, 0.1) is 13.8 Å². The lowest BCUT2D eigenvalue weighted by Crippen LogP contribution is -2.51. The number of aryl methyl sites for hydroxylation is 2. The van der Waals surface area contributed by atoms with Gasteiger partial charge >= 0.3 is 6.03 Å². The van der Waals surface area contributed by atoms with E-state index in [0.29, 0.717) is 23.7 Å². The average molecular weight is 374 g/mol. The van der Waals surface area contributed by atoms with Crippen LogP contribution < -0.4 is 5.32 Å². The second-order valence-electron chi connectivity index (χ2n) is 6.31. The maximum Gasteiger partial charge on any atom is 0.321 e. The van der Waals surface area contributed by atoms with Crippen molar-refractivity contribution in [3.63, 3.8) is 0 Å². The molecule has 0 atom stereocenters. The molecule has 1 aliphatic rings. The van der Waals surface area contributed by atoms with Gasteiger partial charge in [0.25, 0.3) is 0 Å². The smallest absolute Gasteiger partial charge is 0.321 e. The number of pyridine rings is 1. The van der Waals surface area contributed by atoms with E-state index in [1.807, 2.05) is 19.9 Å². The molecular formula is C18H22N4O3S. The molecule has 138 valence electrons. The number of piperazine rings is 1. The summed E-state index contributed by atoms with van der Waals surface area (Å²) in [5.41, 5.74) is 2.61. The first-order valence-electron chi connectivity index (χ1n) is 8.41. The molecule has 8 heteroatoms. The Labute approximate surface area is 153 Å². The van der Waals surface area contributed by atoms with Crippen molar-refractivity contribution >= 4 is 21.7 Å². The summed E-state index contributed by atoms with van der Waals surface area (Å²) in [5.74, 6) is 0. The van der Waals surface area contributed by atoms with E-state index in [0.717, 1.165) is 11.1 Å². The third-order valence-electron chi connectivity index (χ3n) is 4.55. The van der Waals surface area contributed by atoms with Crippen LogP contribution in [0.15, 0.2) is 47.6 Å². The Bertz CT molecular complexity index is 892. The SMILES string of the molecule is Cc1ccc(S(=O)(=O)N2CCN(C(=O)Nc3cccnc3)CC2)cc1C. The van der Waals surface area contributed by atoms with E-state index in [1.54, 1.807) is 41.6 Å². The largest absolute Gasteiger partial charge is 0.322 e. The average Bonchev–Trinajstić information content (AvgIpc) is 2.65. The number of carbonyl (C=O) groups excluding carboxylic acids is 1. The Morgan fingerprint density at radius 2 is 1.81 bits per heavy atom. The quantitative estimate of drug-likeness (QED) is 0.893. The number of amides is 2. The van der Waals surface area contributed by atoms with Crippen LogP contribution in [-0.2, 0) is 10.0 Å². The lowest BCUT2D eigenvalue weighted by molar-refractivity contribution is 0.184. The zero-order chi connectivity index (χ0) is 18.7. The van der Waals surface area contributed by atoms with Crippen molar-refractivity contribution < 1.29 is 13.2 Å². The van der Waals surface area contributed by atoms with Gasteiger partial charge in [-0.25, -0.2) is 13.2 Å². The predicted octanol–water partition coefficient (Wildman–Crippen LogP) is 2.24. The molecule has 1 fully saturated rings. The summed E-state index contributed by atoms with van der Waals surface area (Å²) in [5, 5.41) is 2.77. The van der Waals surface area contributed by atoms with Gasteiger partial charge in [0.15, 0.2) is 0 Å². The van der Waals surface area contributed by atoms with Crippen LogP contribution in [0.4, 0.5) is 10.5 Å². The summed E-state index contributed by atoms with van der Waals surface area (Å²) >= 11 is 0. The summed E-state index contributed by atoms with van der Waals surface area (Å²) in [4.78, 5) is 18.2. The maximum absolute atomic E-state index is 12.8. The topological polar surface area (TPSA) is 82.6 Å². The number of nitrogens with one attached hydrogen (secondary N) is 1. The number of carbonyl (C=O) groups is 1. The second-order valence-corrected chi connectivity index (χ2v) is 8.25. The van der Waals surface area contributed by atoms with Gasteiger partial charge in [-0.1, -0.05) is 6.07 Å². The molecule has 2 heterocycles. The fourth-order valence-corrected chi connectivity index (χ4v) is 4.30. The number of rotatable bonds is 3. The summed E-state index contributed by atoms with van der Waals surface area (Å²) < 4.78 is 27.1. The van der Waals surface area contributed by atoms with E-state index < -0.39 is 10.0 Å². The summed E-state index contributed by atoms with van der Waals surface area (Å²) in [6.45, 7) is 5.08. The fourth-order valence-electron chi connectivity index (χ4n) is 2.79. The number of nitrogens with zero attached hydrogens (tertiary/aromatic N) is 3. The van der Waals surface area contributed by atoms with Gasteiger partial charge in [-0.2, -0.15) is 4.31 Å². The highest BCUT2D eigenvalue weighted by molar-refractivity contribution is 7.89. The molecule has 0 saturated carbocycles. The van der Waals surface area contributed by atoms with Crippen molar-refractivity contribution in [1.82, 2.24) is 14.2 Å². The third kappa shape index (κ3) is 3.86. The van der Waals surface area contributed by atoms with Gasteiger partial charge in [0.1, 0.15) is 0 Å². The number of sulfonamides is 1. The van der Waals surface area contributed by atoms with Crippen LogP contribution in [0.2, 0.25) is 0 Å². The van der Waals surface area contributed by atoms with Crippen molar-refractivity contribution in [2.24, 2.45) is 0 Å². The summed E-state index contributed by atoms with van der Waals surface area (Å²) in [6.07, 6.45) is 3.20. The van der Waals surface area contributed by atoms with Gasteiger partial charge < -0.3 is 10.2 Å². The standard InChI is InChI=1S/C18H22N4O3S/c1-14-5-6-17(12-15(14)2)26(24,25)22-10-8-21(9-11-22)18(23)20-16-4-3-7-19-13-16/h3-7,12-13H,8-11H2,1-2H3,(H,20,23). The van der Waals surface area contributed by atoms with Crippen LogP contribution in [0.25, 0.3) is 0 Å². The molecule has 0 bridgehead atoms. The third-order valence-corrected chi connectivity index (χ3v) is 6.45. The molecular weight excluding hydrogens is 352 g/mol. The molecule has 0 aliphatic carbocycles. The van der Waals surface area contributed by atoms with E-state index in [2.05, 4.69) is 10.3 Å². The number of hydrogen-bond acceptors (Lipinski definition) is 4. The summed E-state index contributed by atoms with van der Waals surface area (Å²) in [7, 11) is -3.54. The molecule has 7 nitrogen and oxygen atoms in total. The molecule has 1 N–H and O–H groups in total. The zero-order valence-corrected chi connectivity index (χ0v) is 15.7. The predicted molar refractivity (Wildman–Crippen MR) is 99.5 cm³/mol. The maximum atomic E-state index is 12.8. The molecule has 3 rings (SSSR count). The second kappa shape index (κ2) is 7.43. The number of anilines is 1. The lowest BCUT2D eigenvalue weighted by atomic mass is 10.1. The molecule has 0 unspecified atom stereocenters. The Balaban J connectivity index is 1.64. The van der Waals surface area contributed by atoms with Crippen LogP contribution >= 0.6 is 0 Å². The van der Waals surface area contributed by atoms with Crippen molar-refractivity contribution in [2.45, 2.75) is 18.7 Å². The molecule has 26 heavy (non-hydrogen) atoms. The number of urea groups is 1. The van der Waals surface area contributed by atoms with Gasteiger partial charge in [0, 0.05) is 32.4 Å². The van der Waals surface area contributed by atoms with Crippen molar-refractivity contribution in [2.75, 3.05) is 31.5 Å². The Kier molecular flexibility index (Phi) is 5.24. The number of benzene rings is 1. The minimum atomic E-state index is -3.54. The van der Waals surface area contributed by atoms with E-state index in [4.69, 9.17) is 0 Å². The molecule has 2 amide bonds. The highest BCUT2D eigenvalue weighted by Gasteiger charge is 2.30. The molecule has 2 aromatic rings. The van der Waals surface area contributed by atoms with Gasteiger partial charge in [0.05, 0.1) is 16.8 Å². The van der Waals surface area contributed by atoms with E-state index >= 15 is 0 Å². The minimum Gasteiger partial charge on any atom is -0.322 e. The molecule has 0 spiro atoms. The van der Waals surface area contributed by atoms with Gasteiger partial charge in [-0.15, -0.1) is 0 Å². The highest BCUT2D eigenvalue weighted by Crippen LogP contribution is 2.20. The Morgan fingerprint density at radius 3 is 2.42 bits per heavy atom. The van der Waals surface area contributed by atoms with Crippen LogP contribution in [0.5, 0.6) is 0 Å². The molecule has 1 aromatic heterocycles. The monoisotopic (exact) mass is 374 g/mol. The number of aromatic nitrogens is 1. The molecule has 1 aliphatic heterocycles. The van der Waals surface area contributed by atoms with Crippen molar-refractivity contribution in [3.8, 4) is 0 Å². The first-order valence-corrected chi connectivity index (χ1v) is 9.85. The van der Waals surface area contributed by atoms with Gasteiger partial charge in [-0.3, -0.25) is 4.98 Å². The van der Waals surface area contributed by atoms with Crippen molar-refractivity contribution in [1.29, 1.82) is 0 Å². The van der Waals surface area contributed by atoms with E-state index in [-0.39, 0.29) is 19.1 Å². The molecule has 1 aromatic carbocycles. The van der Waals surface area contributed by atoms with Crippen LogP contribution in [0.1, 0.15) is 11.1 Å². The minimum absolute atomic E-state index is 0.249. The first kappa shape index (κ1) is 18.3. The zero-order valence-electron chi connectivity index (χ0n) is 14.8.